The Kier molecular flexibility index (Phi) is 5.59. The number of hydrogen-bond acceptors (Lipinski definition) is 1. The van der Waals surface area contributed by atoms with Crippen LogP contribution in [0.2, 0.25) is 0 Å². The average molecular weight is 441 g/mol. The van der Waals surface area contributed by atoms with E-state index in [9.17, 15) is 0 Å². The Bertz CT molecular complexity index is 987. The van der Waals surface area contributed by atoms with Gasteiger partial charge < -0.3 is 0 Å². The van der Waals surface area contributed by atoms with Crippen LogP contribution in [0.15, 0.2) is 133 Å². The van der Waals surface area contributed by atoms with Gasteiger partial charge in [-0.3, -0.25) is 0 Å². The van der Waals surface area contributed by atoms with E-state index < -0.39 is 14.8 Å². The summed E-state index contributed by atoms with van der Waals surface area (Å²) in [7, 11) is -4.57. The van der Waals surface area contributed by atoms with Crippen LogP contribution in [-0.2, 0) is 0 Å². The van der Waals surface area contributed by atoms with Crippen LogP contribution >= 0.6 is 14.8 Å². The third-order valence-electron chi connectivity index (χ3n) is 6.52. The number of allylic oxidation sites excluding steroid dienone is 1. The topological polar surface area (TPSA) is 12.0 Å². The van der Waals surface area contributed by atoms with E-state index >= 15 is 0 Å². The second-order valence-corrected chi connectivity index (χ2v) is 16.1. The average Bonchev–Trinajstić information content (AvgIpc) is 2.86. The fourth-order valence-electron chi connectivity index (χ4n) is 5.19. The second-order valence-electron chi connectivity index (χ2n) is 8.50. The first-order valence-corrected chi connectivity index (χ1v) is 15.3. The van der Waals surface area contributed by atoms with Gasteiger partial charge in [-0.05, 0) is 0 Å². The van der Waals surface area contributed by atoms with Gasteiger partial charge >= 0.3 is 187 Å². The molecule has 31 heavy (non-hydrogen) atoms. The predicted molar refractivity (Wildman–Crippen MR) is 143 cm³/mol. The SMILES string of the molecule is C=C1C[PH](c2ccccc2)(c2ccccc2)N[PH](c2ccccc2)(c2ccccc2)C1. The van der Waals surface area contributed by atoms with Crippen LogP contribution in [-0.4, -0.2) is 12.3 Å². The fraction of sp³-hybridized carbons (Fsp3) is 0.0714. The first-order valence-electron chi connectivity index (χ1n) is 10.9. The van der Waals surface area contributed by atoms with Crippen molar-refractivity contribution >= 4 is 36.0 Å². The van der Waals surface area contributed by atoms with E-state index in [1.165, 1.54) is 26.8 Å². The van der Waals surface area contributed by atoms with Gasteiger partial charge in [0.15, 0.2) is 0 Å². The summed E-state index contributed by atoms with van der Waals surface area (Å²) in [4.78, 5) is 4.49. The monoisotopic (exact) mass is 441 g/mol. The molecule has 0 unspecified atom stereocenters. The zero-order chi connectivity index (χ0) is 21.2. The molecule has 1 fully saturated rings. The van der Waals surface area contributed by atoms with E-state index in [4.69, 9.17) is 0 Å². The molecular weight excluding hydrogens is 412 g/mol. The van der Waals surface area contributed by atoms with Crippen molar-refractivity contribution in [2.75, 3.05) is 12.3 Å². The van der Waals surface area contributed by atoms with Gasteiger partial charge in [0.1, 0.15) is 0 Å². The maximum absolute atomic E-state index is 4.64. The molecule has 0 spiro atoms. The molecule has 0 amide bonds. The molecule has 0 radical (unpaired) electrons. The van der Waals surface area contributed by atoms with Crippen molar-refractivity contribution < 1.29 is 0 Å². The van der Waals surface area contributed by atoms with Gasteiger partial charge in [0.05, 0.1) is 0 Å². The molecule has 1 N–H and O–H groups in total. The van der Waals surface area contributed by atoms with Crippen LogP contribution in [0.5, 0.6) is 0 Å². The molecular formula is C28H29NP2. The van der Waals surface area contributed by atoms with E-state index in [-0.39, 0.29) is 0 Å². The molecule has 1 saturated heterocycles. The summed E-state index contributed by atoms with van der Waals surface area (Å²) in [6.07, 6.45) is 2.07. The van der Waals surface area contributed by atoms with Crippen LogP contribution < -0.4 is 26.1 Å². The molecule has 0 aliphatic carbocycles. The molecule has 0 atom stereocenters. The Labute approximate surface area is 186 Å². The van der Waals surface area contributed by atoms with Crippen LogP contribution in [0.1, 0.15) is 0 Å². The molecule has 0 aromatic heterocycles. The van der Waals surface area contributed by atoms with Crippen LogP contribution in [0.4, 0.5) is 0 Å². The quantitative estimate of drug-likeness (QED) is 0.355. The molecule has 0 bridgehead atoms. The Morgan fingerprint density at radius 3 is 0.968 bits per heavy atom. The number of nitrogens with one attached hydrogen (secondary N) is 1. The summed E-state index contributed by atoms with van der Waals surface area (Å²) < 4.78 is 0. The van der Waals surface area contributed by atoms with Crippen molar-refractivity contribution in [3.05, 3.63) is 133 Å². The van der Waals surface area contributed by atoms with Crippen LogP contribution in [0.3, 0.4) is 0 Å². The zero-order valence-electron chi connectivity index (χ0n) is 17.7. The van der Waals surface area contributed by atoms with Gasteiger partial charge in [0.2, 0.25) is 0 Å². The number of hydrogen-bond donors (Lipinski definition) is 1. The molecule has 3 heteroatoms. The van der Waals surface area contributed by atoms with E-state index in [1.54, 1.807) is 0 Å². The van der Waals surface area contributed by atoms with E-state index in [1.807, 2.05) is 0 Å². The molecule has 0 saturated carbocycles. The van der Waals surface area contributed by atoms with Gasteiger partial charge in [-0.2, -0.15) is 0 Å². The van der Waals surface area contributed by atoms with Crippen molar-refractivity contribution in [3.8, 4) is 0 Å². The molecule has 5 rings (SSSR count). The predicted octanol–water partition coefficient (Wildman–Crippen LogP) is 4.78. The third-order valence-corrected chi connectivity index (χ3v) is 17.3. The van der Waals surface area contributed by atoms with Gasteiger partial charge in [-0.15, -0.1) is 0 Å². The Morgan fingerprint density at radius 2 is 0.710 bits per heavy atom. The molecule has 1 nitrogen and oxygen atoms in total. The fourth-order valence-corrected chi connectivity index (χ4v) is 17.6. The first-order chi connectivity index (χ1) is 15.2. The molecule has 4 aromatic rings. The van der Waals surface area contributed by atoms with Crippen molar-refractivity contribution in [2.45, 2.75) is 0 Å². The molecule has 4 aromatic carbocycles. The number of benzene rings is 4. The Hall–Kier alpha value is -2.56. The van der Waals surface area contributed by atoms with Crippen molar-refractivity contribution in [1.82, 2.24) is 4.86 Å². The minimum absolute atomic E-state index is 1.04. The van der Waals surface area contributed by atoms with Crippen LogP contribution in [0.25, 0.3) is 0 Å². The van der Waals surface area contributed by atoms with Gasteiger partial charge in [0, 0.05) is 0 Å². The Balaban J connectivity index is 1.79. The minimum atomic E-state index is -2.29. The van der Waals surface area contributed by atoms with Gasteiger partial charge in [-0.1, -0.05) is 0 Å². The summed E-state index contributed by atoms with van der Waals surface area (Å²) in [6.45, 7) is 4.64. The van der Waals surface area contributed by atoms with E-state index in [0.29, 0.717) is 0 Å². The summed E-state index contributed by atoms with van der Waals surface area (Å²) >= 11 is 0. The van der Waals surface area contributed by atoms with Crippen molar-refractivity contribution in [1.29, 1.82) is 0 Å². The van der Waals surface area contributed by atoms with Crippen LogP contribution in [0, 0.1) is 0 Å². The van der Waals surface area contributed by atoms with Crippen molar-refractivity contribution in [2.24, 2.45) is 0 Å². The second kappa shape index (κ2) is 8.52. The normalized spacial score (nSPS) is 19.3. The van der Waals surface area contributed by atoms with Gasteiger partial charge in [-0.25, -0.2) is 0 Å². The Morgan fingerprint density at radius 1 is 0.452 bits per heavy atom. The number of rotatable bonds is 4. The van der Waals surface area contributed by atoms with E-state index in [2.05, 4.69) is 133 Å². The first kappa shape index (κ1) is 20.3. The standard InChI is InChI=1S/C28H29NP2/c1-24-22-30(25-14-6-2-7-15-25,26-16-8-3-9-17-26)29-31(23-24,27-18-10-4-11-19-27)28-20-12-5-13-21-28/h2-21,29-31H,1,22-23H2. The molecule has 1 aliphatic heterocycles. The molecule has 1 heterocycles. The summed E-state index contributed by atoms with van der Waals surface area (Å²) in [5, 5.41) is 5.74. The summed E-state index contributed by atoms with van der Waals surface area (Å²) in [6, 6.07) is 44.5. The van der Waals surface area contributed by atoms with Gasteiger partial charge in [0.25, 0.3) is 0 Å². The molecule has 156 valence electrons. The maximum atomic E-state index is 4.64. The summed E-state index contributed by atoms with van der Waals surface area (Å²) in [5.74, 6) is 0. The molecule has 1 aliphatic rings. The zero-order valence-corrected chi connectivity index (χ0v) is 19.7. The summed E-state index contributed by atoms with van der Waals surface area (Å²) in [5.41, 5.74) is 1.37. The van der Waals surface area contributed by atoms with Crippen molar-refractivity contribution in [3.63, 3.8) is 0 Å². The van der Waals surface area contributed by atoms with E-state index in [0.717, 1.165) is 12.3 Å². The third kappa shape index (κ3) is 3.68.